The lowest BCUT2D eigenvalue weighted by molar-refractivity contribution is -0.384. The van der Waals surface area contributed by atoms with E-state index in [1.54, 1.807) is 24.3 Å². The highest BCUT2D eigenvalue weighted by Crippen LogP contribution is 2.54. The van der Waals surface area contributed by atoms with E-state index in [-0.39, 0.29) is 22.8 Å². The Balaban J connectivity index is 1.40. The van der Waals surface area contributed by atoms with E-state index in [1.807, 2.05) is 24.3 Å². The molecule has 2 aliphatic heterocycles. The van der Waals surface area contributed by atoms with Crippen LogP contribution in [-0.2, 0) is 20.9 Å². The number of hydrogen-bond donors (Lipinski definition) is 1. The van der Waals surface area contributed by atoms with Gasteiger partial charge in [-0.1, -0.05) is 46.8 Å². The highest BCUT2D eigenvalue weighted by Gasteiger charge is 2.56. The average molecular weight is 678 g/mol. The number of imide groups is 1. The highest BCUT2D eigenvalue weighted by molar-refractivity contribution is 8.00. The van der Waals surface area contributed by atoms with E-state index in [0.717, 1.165) is 52.3 Å². The average Bonchev–Trinajstić information content (AvgIpc) is 3.49. The maximum Gasteiger partial charge on any atom is 0.308 e. The van der Waals surface area contributed by atoms with Gasteiger partial charge in [0.2, 0.25) is 17.7 Å². The zero-order valence-electron chi connectivity index (χ0n) is 24.7. The first-order valence-corrected chi connectivity index (χ1v) is 16.6. The maximum absolute atomic E-state index is 14.1. The van der Waals surface area contributed by atoms with E-state index in [0.29, 0.717) is 20.6 Å². The molecule has 3 amide bonds. The number of rotatable bonds is 9. The van der Waals surface area contributed by atoms with Crippen molar-refractivity contribution in [3.63, 3.8) is 0 Å². The molecule has 0 bridgehead atoms. The van der Waals surface area contributed by atoms with Crippen molar-refractivity contribution >= 4 is 75.2 Å². The van der Waals surface area contributed by atoms with Crippen molar-refractivity contribution in [2.75, 3.05) is 28.2 Å². The van der Waals surface area contributed by atoms with Crippen LogP contribution in [0.2, 0.25) is 5.02 Å². The Hall–Kier alpha value is -4.46. The quantitative estimate of drug-likeness (QED) is 0.134. The molecule has 236 valence electrons. The number of nitro benzene ring substituents is 1. The molecule has 0 radical (unpaired) electrons. The lowest BCUT2D eigenvalue weighted by Gasteiger charge is -2.31. The smallest absolute Gasteiger partial charge is 0.308 e. The molecule has 1 fully saturated rings. The van der Waals surface area contributed by atoms with Crippen LogP contribution in [0.3, 0.4) is 0 Å². The maximum atomic E-state index is 14.1. The van der Waals surface area contributed by atoms with Gasteiger partial charge in [0, 0.05) is 52.4 Å². The van der Waals surface area contributed by atoms with Crippen LogP contribution >= 0.6 is 34.7 Å². The van der Waals surface area contributed by atoms with Gasteiger partial charge in [0.05, 0.1) is 21.6 Å². The largest absolute Gasteiger partial charge is 0.372 e. The fraction of sp³-hybridized carbons (Fsp3) is 0.250. The number of amides is 3. The number of benzene rings is 3. The van der Waals surface area contributed by atoms with Crippen LogP contribution < -0.4 is 20.0 Å². The predicted octanol–water partition coefficient (Wildman–Crippen LogP) is 5.75. The lowest BCUT2D eigenvalue weighted by atomic mass is 9.83. The van der Waals surface area contributed by atoms with Crippen molar-refractivity contribution in [3.05, 3.63) is 108 Å². The highest BCUT2D eigenvalue weighted by atomic mass is 35.5. The number of nitrogens with one attached hydrogen (secondary N) is 1. The Morgan fingerprint density at radius 3 is 2.22 bits per heavy atom. The first-order valence-electron chi connectivity index (χ1n) is 14.5. The molecule has 1 N–H and O–H groups in total. The van der Waals surface area contributed by atoms with E-state index in [2.05, 4.69) is 24.1 Å². The van der Waals surface area contributed by atoms with Crippen molar-refractivity contribution in [2.45, 2.75) is 36.6 Å². The minimum atomic E-state index is -0.887. The summed E-state index contributed by atoms with van der Waals surface area (Å²) in [5, 5.41) is 14.1. The molecular formula is C32H28ClN5O6S2. The molecule has 1 aromatic heterocycles. The molecule has 0 spiro atoms. The second-order valence-corrected chi connectivity index (χ2v) is 13.3. The Labute approximate surface area is 276 Å². The third kappa shape index (κ3) is 5.70. The fourth-order valence-corrected chi connectivity index (χ4v) is 8.85. The Bertz CT molecular complexity index is 1890. The number of carbonyl (C=O) groups is 3. The number of carbonyl (C=O) groups excluding carboxylic acids is 3. The molecule has 6 rings (SSSR count). The molecule has 0 saturated carbocycles. The normalized spacial score (nSPS) is 18.7. The lowest BCUT2D eigenvalue weighted by Crippen LogP contribution is -2.33. The van der Waals surface area contributed by atoms with Crippen LogP contribution in [0.4, 0.5) is 22.7 Å². The molecule has 1 saturated heterocycles. The second-order valence-electron chi connectivity index (χ2n) is 10.8. The molecule has 3 atom stereocenters. The van der Waals surface area contributed by atoms with Gasteiger partial charge in [-0.2, -0.15) is 0 Å². The van der Waals surface area contributed by atoms with E-state index < -0.39 is 39.7 Å². The third-order valence-corrected chi connectivity index (χ3v) is 11.0. The van der Waals surface area contributed by atoms with Crippen molar-refractivity contribution < 1.29 is 19.3 Å². The molecule has 3 heterocycles. The van der Waals surface area contributed by atoms with Crippen LogP contribution in [0.5, 0.6) is 0 Å². The van der Waals surface area contributed by atoms with Gasteiger partial charge in [0.15, 0.2) is 0 Å². The monoisotopic (exact) mass is 677 g/mol. The Morgan fingerprint density at radius 2 is 1.61 bits per heavy atom. The molecule has 46 heavy (non-hydrogen) atoms. The number of thioether (sulfide) groups is 1. The van der Waals surface area contributed by atoms with Crippen molar-refractivity contribution in [2.24, 2.45) is 5.92 Å². The number of hydrogen-bond acceptors (Lipinski definition) is 9. The number of nitrogens with zero attached hydrogens (tertiary/aromatic N) is 4. The number of non-ortho nitro benzene ring substituents is 1. The summed E-state index contributed by atoms with van der Waals surface area (Å²) in [4.78, 5) is 68.7. The van der Waals surface area contributed by atoms with Crippen LogP contribution in [0.15, 0.2) is 82.6 Å². The van der Waals surface area contributed by atoms with E-state index in [9.17, 15) is 29.3 Å². The number of nitro groups is 1. The van der Waals surface area contributed by atoms with E-state index in [4.69, 9.17) is 11.6 Å². The van der Waals surface area contributed by atoms with E-state index in [1.165, 1.54) is 28.8 Å². The van der Waals surface area contributed by atoms with Crippen molar-refractivity contribution in [1.29, 1.82) is 0 Å². The molecular weight excluding hydrogens is 650 g/mol. The first kappa shape index (κ1) is 31.5. The summed E-state index contributed by atoms with van der Waals surface area (Å²) >= 11 is 8.03. The molecule has 2 aliphatic rings. The van der Waals surface area contributed by atoms with E-state index >= 15 is 0 Å². The second kappa shape index (κ2) is 12.7. The summed E-state index contributed by atoms with van der Waals surface area (Å²) in [6, 6.07) is 19.6. The summed E-state index contributed by atoms with van der Waals surface area (Å²) in [5.74, 6) is -2.85. The van der Waals surface area contributed by atoms with Gasteiger partial charge in [-0.3, -0.25) is 33.9 Å². The van der Waals surface area contributed by atoms with Crippen LogP contribution in [0.25, 0.3) is 0 Å². The van der Waals surface area contributed by atoms with Gasteiger partial charge in [-0.15, -0.1) is 0 Å². The Kier molecular flexibility index (Phi) is 8.73. The van der Waals surface area contributed by atoms with Gasteiger partial charge in [-0.05, 0) is 67.9 Å². The molecule has 4 aromatic rings. The number of halogens is 1. The molecule has 3 aromatic carbocycles. The standard InChI is InChI=1S/C32H28ClN5O6S2/c1-3-35(4-2)21-11-5-18(6-12-21)25-26-27(30(41)37(29(26)40)22-13-15-23(16-14-22)38(43)44)45-31-28(25)46-32(42)36(31)17-24(39)34-20-9-7-19(33)8-10-20/h5-16,25-27H,3-4,17H2,1-2H3,(H,34,39)/t25-,26-,27+/m0/s1. The zero-order valence-corrected chi connectivity index (χ0v) is 27.1. The summed E-state index contributed by atoms with van der Waals surface area (Å²) in [5.41, 5.74) is 2.35. The summed E-state index contributed by atoms with van der Waals surface area (Å²) in [6.07, 6.45) is 0. The van der Waals surface area contributed by atoms with Gasteiger partial charge in [0.25, 0.3) is 5.69 Å². The SMILES string of the molecule is CCN(CC)c1ccc([C@@H]2c3sc(=O)n(CC(=O)Nc4ccc(Cl)cc4)c3S[C@H]3C(=O)N(c4ccc([N+](=O)[O-])cc4)C(=O)[C@@H]23)cc1. The summed E-state index contributed by atoms with van der Waals surface area (Å²) in [6.45, 7) is 5.45. The number of aromatic nitrogens is 1. The molecule has 0 aliphatic carbocycles. The predicted molar refractivity (Wildman–Crippen MR) is 179 cm³/mol. The third-order valence-electron chi connectivity index (χ3n) is 8.18. The van der Waals surface area contributed by atoms with Gasteiger partial charge < -0.3 is 10.2 Å². The topological polar surface area (TPSA) is 135 Å². The number of thiazole rings is 1. The minimum absolute atomic E-state index is 0.163. The number of fused-ring (bicyclic) bond motifs is 2. The minimum Gasteiger partial charge on any atom is -0.372 e. The van der Waals surface area contributed by atoms with Gasteiger partial charge in [0.1, 0.15) is 11.8 Å². The molecule has 11 nitrogen and oxygen atoms in total. The Morgan fingerprint density at radius 1 is 0.957 bits per heavy atom. The first-order chi connectivity index (χ1) is 22.1. The zero-order chi connectivity index (χ0) is 32.7. The van der Waals surface area contributed by atoms with Crippen LogP contribution in [0, 0.1) is 16.0 Å². The summed E-state index contributed by atoms with van der Waals surface area (Å²) < 4.78 is 1.36. The fourth-order valence-electron chi connectivity index (χ4n) is 5.95. The van der Waals surface area contributed by atoms with Crippen LogP contribution in [0.1, 0.15) is 30.2 Å². The van der Waals surface area contributed by atoms with Gasteiger partial charge in [-0.25, -0.2) is 4.90 Å². The van der Waals surface area contributed by atoms with Crippen LogP contribution in [-0.4, -0.2) is 45.6 Å². The van der Waals surface area contributed by atoms with Gasteiger partial charge >= 0.3 is 4.87 Å². The summed E-state index contributed by atoms with van der Waals surface area (Å²) in [7, 11) is 0. The molecule has 14 heteroatoms. The van der Waals surface area contributed by atoms with Crippen molar-refractivity contribution in [3.8, 4) is 0 Å². The van der Waals surface area contributed by atoms with Crippen molar-refractivity contribution in [1.82, 2.24) is 4.57 Å². The molecule has 0 unspecified atom stereocenters. The number of anilines is 3.